The third-order valence-electron chi connectivity index (χ3n) is 5.52. The van der Waals surface area contributed by atoms with Crippen LogP contribution in [0, 0.1) is 11.6 Å². The van der Waals surface area contributed by atoms with Crippen molar-refractivity contribution in [2.24, 2.45) is 0 Å². The Balaban J connectivity index is 1.74. The van der Waals surface area contributed by atoms with Crippen molar-refractivity contribution in [3.8, 4) is 17.2 Å². The molecule has 0 fully saturated rings. The predicted octanol–water partition coefficient (Wildman–Crippen LogP) is 8.96. The first kappa shape index (κ1) is 25.6. The molecule has 0 spiro atoms. The molecule has 0 N–H and O–H groups in total. The summed E-state index contributed by atoms with van der Waals surface area (Å²) in [5.41, 5.74) is 0.572. The van der Waals surface area contributed by atoms with E-state index in [1.54, 1.807) is 24.3 Å². The Morgan fingerprint density at radius 2 is 1.29 bits per heavy atom. The van der Waals surface area contributed by atoms with Gasteiger partial charge in [-0.15, -0.1) is 0 Å². The summed E-state index contributed by atoms with van der Waals surface area (Å²) >= 11 is 0. The fourth-order valence-corrected chi connectivity index (χ4v) is 3.70. The highest BCUT2D eigenvalue weighted by molar-refractivity contribution is 5.39. The van der Waals surface area contributed by atoms with Crippen molar-refractivity contribution in [3.63, 3.8) is 0 Å². The van der Waals surface area contributed by atoms with E-state index in [1.165, 1.54) is 12.1 Å². The summed E-state index contributed by atoms with van der Waals surface area (Å²) in [6.45, 7) is 4.18. The maximum Gasteiger partial charge on any atom is 0.432 e. The van der Waals surface area contributed by atoms with Gasteiger partial charge in [0, 0.05) is 0 Å². The number of ether oxygens (including phenoxy) is 2. The lowest BCUT2D eigenvalue weighted by atomic mass is 10.1. The van der Waals surface area contributed by atoms with Crippen molar-refractivity contribution in [1.29, 1.82) is 0 Å². The molecule has 3 aromatic rings. The minimum atomic E-state index is -4.23. The van der Waals surface area contributed by atoms with Crippen molar-refractivity contribution in [2.75, 3.05) is 0 Å². The topological polar surface area (TPSA) is 18.5 Å². The third-order valence-corrected chi connectivity index (χ3v) is 5.52. The van der Waals surface area contributed by atoms with Crippen LogP contribution in [0.3, 0.4) is 0 Å². The van der Waals surface area contributed by atoms with E-state index in [0.29, 0.717) is 0 Å². The maximum atomic E-state index is 15.0. The van der Waals surface area contributed by atoms with Gasteiger partial charge in [0.1, 0.15) is 22.9 Å². The highest BCUT2D eigenvalue weighted by atomic mass is 19.3. The third kappa shape index (κ3) is 6.75. The van der Waals surface area contributed by atoms with Crippen LogP contribution in [-0.2, 0) is 19.0 Å². The van der Waals surface area contributed by atoms with Crippen molar-refractivity contribution in [2.45, 2.75) is 64.9 Å². The molecular weight excluding hydrogens is 444 g/mol. The SMILES string of the molecule is CCCCCCc1ccc(OC(F)(F)c2c(F)ccc(Oc3ccc(CCC)cc3)c2F)cc1. The molecule has 0 aliphatic carbocycles. The highest BCUT2D eigenvalue weighted by Crippen LogP contribution is 2.39. The normalized spacial score (nSPS) is 11.5. The maximum absolute atomic E-state index is 15.0. The van der Waals surface area contributed by atoms with Crippen LogP contribution < -0.4 is 9.47 Å². The van der Waals surface area contributed by atoms with E-state index < -0.39 is 29.1 Å². The molecule has 0 saturated heterocycles. The molecule has 0 radical (unpaired) electrons. The molecule has 0 bridgehead atoms. The molecule has 6 heteroatoms. The summed E-state index contributed by atoms with van der Waals surface area (Å²) in [5, 5.41) is 0. The molecule has 2 nitrogen and oxygen atoms in total. The largest absolute Gasteiger partial charge is 0.454 e. The van der Waals surface area contributed by atoms with Crippen LogP contribution in [0.5, 0.6) is 17.2 Å². The fourth-order valence-electron chi connectivity index (χ4n) is 3.70. The van der Waals surface area contributed by atoms with E-state index in [9.17, 15) is 17.6 Å². The Kier molecular flexibility index (Phi) is 8.97. The van der Waals surface area contributed by atoms with Gasteiger partial charge in [-0.05, 0) is 66.8 Å². The number of aryl methyl sites for hydroxylation is 2. The lowest BCUT2D eigenvalue weighted by molar-refractivity contribution is -0.189. The lowest BCUT2D eigenvalue weighted by Crippen LogP contribution is -2.25. The van der Waals surface area contributed by atoms with Crippen LogP contribution in [0.15, 0.2) is 60.7 Å². The average Bonchev–Trinajstić information content (AvgIpc) is 2.81. The first-order valence-corrected chi connectivity index (χ1v) is 11.7. The minimum absolute atomic E-state index is 0.182. The van der Waals surface area contributed by atoms with Crippen LogP contribution in [0.25, 0.3) is 0 Å². The summed E-state index contributed by atoms with van der Waals surface area (Å²) in [6.07, 6.45) is 2.83. The molecule has 0 aromatic heterocycles. The molecule has 0 heterocycles. The van der Waals surface area contributed by atoms with E-state index in [1.807, 2.05) is 19.1 Å². The number of hydrogen-bond donors (Lipinski definition) is 0. The van der Waals surface area contributed by atoms with Crippen LogP contribution in [-0.4, -0.2) is 0 Å². The van der Waals surface area contributed by atoms with Crippen LogP contribution in [0.4, 0.5) is 17.6 Å². The molecule has 0 aliphatic rings. The Morgan fingerprint density at radius 3 is 1.91 bits per heavy atom. The van der Waals surface area contributed by atoms with E-state index in [4.69, 9.17) is 9.47 Å². The van der Waals surface area contributed by atoms with E-state index in [2.05, 4.69) is 6.92 Å². The predicted molar refractivity (Wildman–Crippen MR) is 126 cm³/mol. The summed E-state index contributed by atoms with van der Waals surface area (Å²) in [6, 6.07) is 14.7. The van der Waals surface area contributed by atoms with Gasteiger partial charge in [0.25, 0.3) is 0 Å². The molecule has 3 rings (SSSR count). The summed E-state index contributed by atoms with van der Waals surface area (Å²) in [4.78, 5) is 0. The van der Waals surface area contributed by atoms with E-state index in [0.717, 1.165) is 68.2 Å². The van der Waals surface area contributed by atoms with Crippen molar-refractivity contribution in [1.82, 2.24) is 0 Å². The fraction of sp³-hybridized carbons (Fsp3) is 0.357. The van der Waals surface area contributed by atoms with Gasteiger partial charge in [-0.1, -0.05) is 63.8 Å². The zero-order valence-electron chi connectivity index (χ0n) is 19.6. The Morgan fingerprint density at radius 1 is 0.676 bits per heavy atom. The van der Waals surface area contributed by atoms with E-state index >= 15 is 0 Å². The molecule has 182 valence electrons. The molecule has 0 saturated carbocycles. The molecule has 0 amide bonds. The zero-order valence-corrected chi connectivity index (χ0v) is 19.6. The zero-order chi connectivity index (χ0) is 24.6. The summed E-state index contributed by atoms with van der Waals surface area (Å²) in [7, 11) is 0. The molecule has 3 aromatic carbocycles. The van der Waals surface area contributed by atoms with Crippen molar-refractivity contribution in [3.05, 3.63) is 89.0 Å². The van der Waals surface area contributed by atoms with Gasteiger partial charge in [-0.3, -0.25) is 0 Å². The van der Waals surface area contributed by atoms with Gasteiger partial charge in [0.05, 0.1) is 0 Å². The van der Waals surface area contributed by atoms with Gasteiger partial charge in [-0.2, -0.15) is 8.78 Å². The van der Waals surface area contributed by atoms with Gasteiger partial charge in [0.2, 0.25) is 0 Å². The molecule has 0 atom stereocenters. The molecule has 34 heavy (non-hydrogen) atoms. The highest BCUT2D eigenvalue weighted by Gasteiger charge is 2.42. The molecule has 0 aliphatic heterocycles. The average molecular weight is 475 g/mol. The number of hydrogen-bond acceptors (Lipinski definition) is 2. The molecular formula is C28H30F4O2. The number of unbranched alkanes of at least 4 members (excludes halogenated alkanes) is 3. The summed E-state index contributed by atoms with van der Waals surface area (Å²) in [5.74, 6) is -3.35. The van der Waals surface area contributed by atoms with Crippen molar-refractivity contribution < 1.29 is 27.0 Å². The lowest BCUT2D eigenvalue weighted by Gasteiger charge is -2.20. The smallest absolute Gasteiger partial charge is 0.432 e. The second kappa shape index (κ2) is 11.9. The number of rotatable bonds is 12. The van der Waals surface area contributed by atoms with Gasteiger partial charge >= 0.3 is 6.11 Å². The first-order chi connectivity index (χ1) is 16.3. The number of halogens is 4. The van der Waals surface area contributed by atoms with Gasteiger partial charge in [-0.25, -0.2) is 8.78 Å². The first-order valence-electron chi connectivity index (χ1n) is 11.7. The van der Waals surface area contributed by atoms with Crippen LogP contribution in [0.2, 0.25) is 0 Å². The summed E-state index contributed by atoms with van der Waals surface area (Å²) < 4.78 is 69.1. The monoisotopic (exact) mass is 474 g/mol. The number of alkyl halides is 2. The Bertz CT molecular complexity index is 1050. The molecule has 0 unspecified atom stereocenters. The van der Waals surface area contributed by atoms with Crippen LogP contribution in [0.1, 0.15) is 62.6 Å². The van der Waals surface area contributed by atoms with Gasteiger partial charge < -0.3 is 9.47 Å². The number of benzene rings is 3. The van der Waals surface area contributed by atoms with Crippen molar-refractivity contribution >= 4 is 0 Å². The Hall–Kier alpha value is -3.02. The van der Waals surface area contributed by atoms with Gasteiger partial charge in [0.15, 0.2) is 11.6 Å². The van der Waals surface area contributed by atoms with E-state index in [-0.39, 0.29) is 11.5 Å². The quantitative estimate of drug-likeness (QED) is 0.193. The second-order valence-corrected chi connectivity index (χ2v) is 8.30. The Labute approximate surface area is 198 Å². The standard InChI is InChI=1S/C28H30F4O2/c1-3-5-6-7-9-21-12-16-23(17-13-21)34-28(31,32)26-24(29)18-19-25(27(26)30)33-22-14-10-20(8-4-2)11-15-22/h10-19H,3-9H2,1-2H3. The van der Waals surface area contributed by atoms with Crippen LogP contribution >= 0.6 is 0 Å². The second-order valence-electron chi connectivity index (χ2n) is 8.30. The minimum Gasteiger partial charge on any atom is -0.454 e.